The summed E-state index contributed by atoms with van der Waals surface area (Å²) in [6.07, 6.45) is 8.67. The normalized spacial score (nSPS) is 15.8. The van der Waals surface area contributed by atoms with E-state index in [1.165, 1.54) is 11.3 Å². The van der Waals surface area contributed by atoms with Gasteiger partial charge in [0.2, 0.25) is 0 Å². The molecular formula is C13H16N4. The van der Waals surface area contributed by atoms with Crippen LogP contribution in [-0.4, -0.2) is 27.6 Å². The molecule has 3 heterocycles. The number of imidazole rings is 1. The topological polar surface area (TPSA) is 42.7 Å². The molecule has 0 aromatic carbocycles. The summed E-state index contributed by atoms with van der Waals surface area (Å²) in [5.74, 6) is 0.648. The van der Waals surface area contributed by atoms with Crippen LogP contribution in [0.2, 0.25) is 0 Å². The Labute approximate surface area is 101 Å². The van der Waals surface area contributed by atoms with Gasteiger partial charge in [-0.25, -0.2) is 4.98 Å². The monoisotopic (exact) mass is 228 g/mol. The summed E-state index contributed by atoms with van der Waals surface area (Å²) in [4.78, 5) is 8.29. The molecule has 1 aliphatic heterocycles. The van der Waals surface area contributed by atoms with Gasteiger partial charge in [0.1, 0.15) is 0 Å². The van der Waals surface area contributed by atoms with Crippen molar-refractivity contribution in [1.29, 1.82) is 0 Å². The van der Waals surface area contributed by atoms with Gasteiger partial charge in [0.15, 0.2) is 0 Å². The summed E-state index contributed by atoms with van der Waals surface area (Å²) in [5.41, 5.74) is 2.68. The van der Waals surface area contributed by atoms with Crippen molar-refractivity contribution in [2.24, 2.45) is 0 Å². The maximum Gasteiger partial charge on any atom is 0.0948 e. The maximum absolute atomic E-state index is 4.26. The first-order chi connectivity index (χ1) is 8.43. The van der Waals surface area contributed by atoms with Crippen LogP contribution in [0.1, 0.15) is 17.2 Å². The largest absolute Gasteiger partial charge is 0.334 e. The van der Waals surface area contributed by atoms with E-state index in [2.05, 4.69) is 32.0 Å². The highest BCUT2D eigenvalue weighted by atomic mass is 15.1. The number of hydrogen-bond donors (Lipinski definition) is 1. The minimum absolute atomic E-state index is 0.648. The third kappa shape index (κ3) is 2.22. The van der Waals surface area contributed by atoms with E-state index in [1.54, 1.807) is 0 Å². The highest BCUT2D eigenvalue weighted by Gasteiger charge is 2.21. The van der Waals surface area contributed by atoms with Crippen molar-refractivity contribution < 1.29 is 0 Å². The lowest BCUT2D eigenvalue weighted by Gasteiger charge is -2.27. The van der Waals surface area contributed by atoms with Crippen LogP contribution < -0.4 is 5.32 Å². The second-order valence-electron chi connectivity index (χ2n) is 4.47. The number of aryl methyl sites for hydroxylation is 2. The van der Waals surface area contributed by atoms with E-state index in [4.69, 9.17) is 0 Å². The summed E-state index contributed by atoms with van der Waals surface area (Å²) < 4.78 is 2.27. The molecule has 0 spiro atoms. The number of nitrogens with zero attached hydrogens (tertiary/aromatic N) is 3. The van der Waals surface area contributed by atoms with Crippen LogP contribution >= 0.6 is 0 Å². The Bertz CT molecular complexity index is 473. The summed E-state index contributed by atoms with van der Waals surface area (Å²) in [6, 6.07) is 4.14. The van der Waals surface area contributed by atoms with Crippen molar-refractivity contribution in [3.05, 3.63) is 48.3 Å². The van der Waals surface area contributed by atoms with Crippen LogP contribution in [0.15, 0.2) is 37.1 Å². The Morgan fingerprint density at radius 3 is 2.76 bits per heavy atom. The van der Waals surface area contributed by atoms with Crippen molar-refractivity contribution in [2.45, 2.75) is 18.9 Å². The average molecular weight is 228 g/mol. The maximum atomic E-state index is 4.26. The Kier molecular flexibility index (Phi) is 2.88. The molecule has 0 bridgehead atoms. The number of aromatic nitrogens is 3. The van der Waals surface area contributed by atoms with E-state index in [9.17, 15) is 0 Å². The van der Waals surface area contributed by atoms with Gasteiger partial charge in [0.05, 0.1) is 6.33 Å². The predicted octanol–water partition coefficient (Wildman–Crippen LogP) is 1.21. The smallest absolute Gasteiger partial charge is 0.0948 e. The van der Waals surface area contributed by atoms with Crippen LogP contribution in [0.3, 0.4) is 0 Å². The standard InChI is InChI=1S/C13H16N4/c1-4-14-5-2-11(1)3-6-17-10-16-9-13(17)12-7-15-8-12/h1-2,4-5,9-10,12,15H,3,6-8H2. The molecule has 1 saturated heterocycles. The molecule has 1 fully saturated rings. The zero-order valence-electron chi connectivity index (χ0n) is 9.71. The van der Waals surface area contributed by atoms with Gasteiger partial charge in [-0.15, -0.1) is 0 Å². The Balaban J connectivity index is 1.67. The van der Waals surface area contributed by atoms with Crippen LogP contribution in [0, 0.1) is 0 Å². The molecule has 0 aliphatic carbocycles. The van der Waals surface area contributed by atoms with Gasteiger partial charge >= 0.3 is 0 Å². The first-order valence-electron chi connectivity index (χ1n) is 6.03. The van der Waals surface area contributed by atoms with Gasteiger partial charge in [-0.1, -0.05) is 0 Å². The van der Waals surface area contributed by atoms with Crippen LogP contribution in [-0.2, 0) is 13.0 Å². The second kappa shape index (κ2) is 4.67. The number of rotatable bonds is 4. The molecule has 1 N–H and O–H groups in total. The second-order valence-corrected chi connectivity index (χ2v) is 4.47. The van der Waals surface area contributed by atoms with Crippen molar-refractivity contribution in [3.8, 4) is 0 Å². The zero-order valence-corrected chi connectivity index (χ0v) is 9.71. The molecule has 4 nitrogen and oxygen atoms in total. The highest BCUT2D eigenvalue weighted by Crippen LogP contribution is 2.19. The SMILES string of the molecule is c1cc(CCn2cncc2C2CNC2)ccn1. The quantitative estimate of drug-likeness (QED) is 0.855. The van der Waals surface area contributed by atoms with Gasteiger partial charge in [0.25, 0.3) is 0 Å². The molecule has 0 atom stereocenters. The zero-order chi connectivity index (χ0) is 11.5. The minimum Gasteiger partial charge on any atom is -0.334 e. The van der Waals surface area contributed by atoms with Crippen molar-refractivity contribution in [2.75, 3.05) is 13.1 Å². The fourth-order valence-corrected chi connectivity index (χ4v) is 2.15. The van der Waals surface area contributed by atoms with E-state index in [-0.39, 0.29) is 0 Å². The number of nitrogens with one attached hydrogen (secondary N) is 1. The minimum atomic E-state index is 0.648. The molecule has 2 aromatic heterocycles. The molecule has 17 heavy (non-hydrogen) atoms. The molecule has 88 valence electrons. The first-order valence-corrected chi connectivity index (χ1v) is 6.03. The summed E-state index contributed by atoms with van der Waals surface area (Å²) in [7, 11) is 0. The Morgan fingerprint density at radius 2 is 2.06 bits per heavy atom. The van der Waals surface area contributed by atoms with E-state index >= 15 is 0 Å². The number of pyridine rings is 1. The Hall–Kier alpha value is -1.68. The third-order valence-corrected chi connectivity index (χ3v) is 3.33. The average Bonchev–Trinajstić information content (AvgIpc) is 2.74. The molecule has 0 saturated carbocycles. The molecule has 0 radical (unpaired) electrons. The predicted molar refractivity (Wildman–Crippen MR) is 65.8 cm³/mol. The van der Waals surface area contributed by atoms with E-state index in [1.807, 2.05) is 24.9 Å². The van der Waals surface area contributed by atoms with Crippen molar-refractivity contribution >= 4 is 0 Å². The molecule has 0 unspecified atom stereocenters. The lowest BCUT2D eigenvalue weighted by Crippen LogP contribution is -2.40. The van der Waals surface area contributed by atoms with Gasteiger partial charge in [-0.3, -0.25) is 4.98 Å². The molecule has 3 rings (SSSR count). The molecule has 0 amide bonds. The highest BCUT2D eigenvalue weighted by molar-refractivity contribution is 5.13. The van der Waals surface area contributed by atoms with Gasteiger partial charge < -0.3 is 9.88 Å². The van der Waals surface area contributed by atoms with Crippen LogP contribution in [0.25, 0.3) is 0 Å². The van der Waals surface area contributed by atoms with Crippen LogP contribution in [0.4, 0.5) is 0 Å². The molecular weight excluding hydrogens is 212 g/mol. The lowest BCUT2D eigenvalue weighted by atomic mass is 10.00. The van der Waals surface area contributed by atoms with Crippen molar-refractivity contribution in [3.63, 3.8) is 0 Å². The molecule has 1 aliphatic rings. The van der Waals surface area contributed by atoms with Gasteiger partial charge in [-0.2, -0.15) is 0 Å². The number of hydrogen-bond acceptors (Lipinski definition) is 3. The fourth-order valence-electron chi connectivity index (χ4n) is 2.15. The van der Waals surface area contributed by atoms with E-state index in [0.29, 0.717) is 5.92 Å². The summed E-state index contributed by atoms with van der Waals surface area (Å²) in [5, 5.41) is 3.30. The van der Waals surface area contributed by atoms with Crippen molar-refractivity contribution in [1.82, 2.24) is 19.9 Å². The van der Waals surface area contributed by atoms with Gasteiger partial charge in [0, 0.05) is 49.8 Å². The summed E-state index contributed by atoms with van der Waals surface area (Å²) >= 11 is 0. The lowest BCUT2D eigenvalue weighted by molar-refractivity contribution is 0.423. The first kappa shape index (κ1) is 10.5. The van der Waals surface area contributed by atoms with Crippen LogP contribution in [0.5, 0.6) is 0 Å². The fraction of sp³-hybridized carbons (Fsp3) is 0.385. The Morgan fingerprint density at radius 1 is 1.24 bits per heavy atom. The molecule has 2 aromatic rings. The van der Waals surface area contributed by atoms with E-state index in [0.717, 1.165) is 26.1 Å². The van der Waals surface area contributed by atoms with Gasteiger partial charge in [-0.05, 0) is 24.1 Å². The summed E-state index contributed by atoms with van der Waals surface area (Å²) in [6.45, 7) is 3.16. The van der Waals surface area contributed by atoms with E-state index < -0.39 is 0 Å². The third-order valence-electron chi connectivity index (χ3n) is 3.33. The molecule has 4 heteroatoms.